The number of hydrazine groups is 1. The first-order chi connectivity index (χ1) is 11.1. The second-order valence-electron chi connectivity index (χ2n) is 5.54. The highest BCUT2D eigenvalue weighted by atomic mass is 19.3. The van der Waals surface area contributed by atoms with Crippen molar-refractivity contribution < 1.29 is 32.2 Å². The molecule has 9 heteroatoms. The van der Waals surface area contributed by atoms with Gasteiger partial charge in [0.05, 0.1) is 12.5 Å². The van der Waals surface area contributed by atoms with Crippen LogP contribution in [0.3, 0.4) is 0 Å². The largest absolute Gasteiger partial charge is 0.491 e. The quantitative estimate of drug-likeness (QED) is 0.822. The summed E-state index contributed by atoms with van der Waals surface area (Å²) in [5.41, 5.74) is -2.19. The Balaban J connectivity index is 2.28. The minimum Gasteiger partial charge on any atom is -0.491 e. The standard InChI is InChI=1S/C15H16F4N2O3/c1-8(2)24-10-5-3-9(4-6-10)13(22)21-15(23,14(18)19)7-11(20-21)12(16)17/h3-6,8,14,20,23H,7H2,1-2H3. The van der Waals surface area contributed by atoms with Crippen molar-refractivity contribution >= 4 is 5.91 Å². The molecule has 5 nitrogen and oxygen atoms in total. The zero-order valence-electron chi connectivity index (χ0n) is 12.9. The SMILES string of the molecule is CC(C)Oc1ccc(C(=O)N2NC(=C(F)F)CC2(O)C(F)F)cc1. The van der Waals surface area contributed by atoms with E-state index in [1.165, 1.54) is 24.3 Å². The molecule has 0 aliphatic carbocycles. The van der Waals surface area contributed by atoms with Gasteiger partial charge in [-0.2, -0.15) is 8.78 Å². The number of aliphatic hydroxyl groups is 1. The van der Waals surface area contributed by atoms with Crippen LogP contribution >= 0.6 is 0 Å². The van der Waals surface area contributed by atoms with Crippen LogP contribution < -0.4 is 10.2 Å². The van der Waals surface area contributed by atoms with E-state index in [0.29, 0.717) is 5.75 Å². The molecule has 1 atom stereocenters. The van der Waals surface area contributed by atoms with Crippen LogP contribution in [0.5, 0.6) is 5.75 Å². The molecule has 0 spiro atoms. The molecule has 1 unspecified atom stereocenters. The number of nitrogens with one attached hydrogen (secondary N) is 1. The number of hydrogen-bond donors (Lipinski definition) is 2. The van der Waals surface area contributed by atoms with Gasteiger partial charge in [0, 0.05) is 5.56 Å². The number of rotatable bonds is 4. The third-order valence-electron chi connectivity index (χ3n) is 3.32. The van der Waals surface area contributed by atoms with E-state index in [4.69, 9.17) is 4.74 Å². The Morgan fingerprint density at radius 1 is 1.29 bits per heavy atom. The number of alkyl halides is 2. The third-order valence-corrected chi connectivity index (χ3v) is 3.32. The Bertz CT molecular complexity index is 645. The molecule has 1 aromatic carbocycles. The summed E-state index contributed by atoms with van der Waals surface area (Å²) in [6.07, 6.45) is -6.90. The lowest BCUT2D eigenvalue weighted by molar-refractivity contribution is -0.168. The first-order valence-corrected chi connectivity index (χ1v) is 7.07. The van der Waals surface area contributed by atoms with Gasteiger partial charge in [-0.1, -0.05) is 0 Å². The molecule has 0 bridgehead atoms. The topological polar surface area (TPSA) is 61.8 Å². The number of carbonyl (C=O) groups excluding carboxylic acids is 1. The Morgan fingerprint density at radius 2 is 1.88 bits per heavy atom. The number of ether oxygens (including phenoxy) is 1. The van der Waals surface area contributed by atoms with Crippen molar-refractivity contribution in [2.45, 2.75) is 38.5 Å². The Kier molecular flexibility index (Phi) is 5.02. The molecule has 1 aliphatic rings. The first kappa shape index (κ1) is 18.1. The van der Waals surface area contributed by atoms with Gasteiger partial charge in [0.2, 0.25) is 5.72 Å². The molecular weight excluding hydrogens is 332 g/mol. The van der Waals surface area contributed by atoms with Crippen molar-refractivity contribution in [2.24, 2.45) is 0 Å². The summed E-state index contributed by atoms with van der Waals surface area (Å²) in [7, 11) is 0. The van der Waals surface area contributed by atoms with Crippen LogP contribution in [0.1, 0.15) is 30.6 Å². The lowest BCUT2D eigenvalue weighted by Gasteiger charge is -2.31. The third kappa shape index (κ3) is 3.45. The molecule has 1 heterocycles. The van der Waals surface area contributed by atoms with Crippen LogP contribution in [-0.2, 0) is 0 Å². The van der Waals surface area contributed by atoms with Gasteiger partial charge in [0.25, 0.3) is 18.4 Å². The molecule has 1 amide bonds. The summed E-state index contributed by atoms with van der Waals surface area (Å²) in [5.74, 6) is -0.611. The summed E-state index contributed by atoms with van der Waals surface area (Å²) >= 11 is 0. The van der Waals surface area contributed by atoms with Crippen molar-refractivity contribution in [2.75, 3.05) is 0 Å². The molecule has 1 aromatic rings. The van der Waals surface area contributed by atoms with Gasteiger partial charge < -0.3 is 9.84 Å². The van der Waals surface area contributed by atoms with Crippen LogP contribution in [0, 0.1) is 0 Å². The smallest absolute Gasteiger partial charge is 0.291 e. The number of halogens is 4. The summed E-state index contributed by atoms with van der Waals surface area (Å²) < 4.78 is 57.0. The second-order valence-corrected chi connectivity index (χ2v) is 5.54. The minimum absolute atomic E-state index is 0.0711. The lowest BCUT2D eigenvalue weighted by atomic mass is 10.1. The highest BCUT2D eigenvalue weighted by molar-refractivity contribution is 5.94. The Hall–Kier alpha value is -2.29. The maximum Gasteiger partial charge on any atom is 0.291 e. The number of benzene rings is 1. The summed E-state index contributed by atoms with van der Waals surface area (Å²) in [6.45, 7) is 3.60. The van der Waals surface area contributed by atoms with Crippen molar-refractivity contribution in [1.29, 1.82) is 0 Å². The van der Waals surface area contributed by atoms with E-state index in [1.54, 1.807) is 13.8 Å². The van der Waals surface area contributed by atoms with Gasteiger partial charge in [0.1, 0.15) is 11.4 Å². The molecule has 0 radical (unpaired) electrons. The Morgan fingerprint density at radius 3 is 2.33 bits per heavy atom. The fraction of sp³-hybridized carbons (Fsp3) is 0.400. The molecule has 24 heavy (non-hydrogen) atoms. The predicted molar refractivity (Wildman–Crippen MR) is 76.3 cm³/mol. The van der Waals surface area contributed by atoms with E-state index in [-0.39, 0.29) is 16.7 Å². The molecule has 1 fully saturated rings. The Labute approximate surface area is 135 Å². The van der Waals surface area contributed by atoms with Crippen molar-refractivity contribution in [3.63, 3.8) is 0 Å². The average Bonchev–Trinajstić information content (AvgIpc) is 2.86. The number of amides is 1. The van der Waals surface area contributed by atoms with Gasteiger partial charge in [-0.3, -0.25) is 10.2 Å². The van der Waals surface area contributed by atoms with Gasteiger partial charge in [0.15, 0.2) is 0 Å². The van der Waals surface area contributed by atoms with E-state index in [2.05, 4.69) is 0 Å². The second kappa shape index (κ2) is 6.68. The highest BCUT2D eigenvalue weighted by Gasteiger charge is 2.53. The maximum absolute atomic E-state index is 13.1. The van der Waals surface area contributed by atoms with E-state index in [9.17, 15) is 27.5 Å². The van der Waals surface area contributed by atoms with Crippen LogP contribution in [0.2, 0.25) is 0 Å². The van der Waals surface area contributed by atoms with E-state index in [1.807, 2.05) is 5.43 Å². The fourth-order valence-corrected chi connectivity index (χ4v) is 2.20. The van der Waals surface area contributed by atoms with Crippen LogP contribution in [0.25, 0.3) is 0 Å². The molecule has 132 valence electrons. The monoisotopic (exact) mass is 348 g/mol. The molecular formula is C15H16F4N2O3. The van der Waals surface area contributed by atoms with Gasteiger partial charge in [-0.25, -0.2) is 13.8 Å². The summed E-state index contributed by atoms with van der Waals surface area (Å²) in [4.78, 5) is 12.3. The summed E-state index contributed by atoms with van der Waals surface area (Å²) in [6, 6.07) is 5.47. The zero-order valence-corrected chi connectivity index (χ0v) is 12.9. The first-order valence-electron chi connectivity index (χ1n) is 7.07. The molecule has 1 saturated heterocycles. The molecule has 0 saturated carbocycles. The highest BCUT2D eigenvalue weighted by Crippen LogP contribution is 2.35. The number of carbonyl (C=O) groups is 1. The van der Waals surface area contributed by atoms with Crippen LogP contribution in [0.4, 0.5) is 17.6 Å². The molecule has 0 aromatic heterocycles. The van der Waals surface area contributed by atoms with Crippen LogP contribution in [0.15, 0.2) is 36.0 Å². The van der Waals surface area contributed by atoms with E-state index >= 15 is 0 Å². The summed E-state index contributed by atoms with van der Waals surface area (Å²) in [5, 5.41) is 10.1. The van der Waals surface area contributed by atoms with Crippen molar-refractivity contribution in [3.8, 4) is 5.75 Å². The van der Waals surface area contributed by atoms with E-state index in [0.717, 1.165) is 0 Å². The molecule has 2 N–H and O–H groups in total. The maximum atomic E-state index is 13.1. The number of nitrogens with zero attached hydrogens (tertiary/aromatic N) is 1. The van der Waals surface area contributed by atoms with Crippen molar-refractivity contribution in [3.05, 3.63) is 41.6 Å². The van der Waals surface area contributed by atoms with Crippen LogP contribution in [-0.4, -0.2) is 34.3 Å². The van der Waals surface area contributed by atoms with Gasteiger partial charge in [-0.05, 0) is 38.1 Å². The minimum atomic E-state index is -3.44. The van der Waals surface area contributed by atoms with Gasteiger partial charge in [-0.15, -0.1) is 0 Å². The average molecular weight is 348 g/mol. The van der Waals surface area contributed by atoms with Crippen molar-refractivity contribution in [1.82, 2.24) is 10.4 Å². The van der Waals surface area contributed by atoms with E-state index < -0.39 is 36.3 Å². The number of hydrogen-bond acceptors (Lipinski definition) is 4. The zero-order chi connectivity index (χ0) is 18.1. The van der Waals surface area contributed by atoms with Gasteiger partial charge >= 0.3 is 0 Å². The predicted octanol–water partition coefficient (Wildman–Crippen LogP) is 2.89. The molecule has 2 rings (SSSR count). The molecule has 1 aliphatic heterocycles. The lowest BCUT2D eigenvalue weighted by Crippen LogP contribution is -2.55. The normalized spacial score (nSPS) is 20.5. The fourth-order valence-electron chi connectivity index (χ4n) is 2.20.